The lowest BCUT2D eigenvalue weighted by Gasteiger charge is -2.20. The van der Waals surface area contributed by atoms with Gasteiger partial charge in [-0.2, -0.15) is 21.8 Å². The van der Waals surface area contributed by atoms with E-state index in [4.69, 9.17) is 0 Å². The summed E-state index contributed by atoms with van der Waals surface area (Å²) in [5.74, 6) is 4.96. The average molecular weight is 327 g/mol. The quantitative estimate of drug-likeness (QED) is 0.865. The number of nitrogens with one attached hydrogen (secondary N) is 2. The molecule has 6 nitrogen and oxygen atoms in total. The molecule has 0 radical (unpaired) electrons. The number of hydrogen-bond acceptors (Lipinski definition) is 6. The van der Waals surface area contributed by atoms with Gasteiger partial charge in [0.15, 0.2) is 5.82 Å². The second-order valence-corrected chi connectivity index (χ2v) is 7.83. The number of piperidine rings is 1. The number of carbonyl (C=O) groups is 1. The highest BCUT2D eigenvalue weighted by molar-refractivity contribution is 8.07. The van der Waals surface area contributed by atoms with E-state index < -0.39 is 0 Å². The van der Waals surface area contributed by atoms with E-state index in [2.05, 4.69) is 20.7 Å². The Morgan fingerprint density at radius 1 is 1.38 bits per heavy atom. The van der Waals surface area contributed by atoms with Crippen LogP contribution in [0.5, 0.6) is 0 Å². The van der Waals surface area contributed by atoms with Gasteiger partial charge in [-0.05, 0) is 25.9 Å². The first kappa shape index (κ1) is 15.2. The van der Waals surface area contributed by atoms with Crippen molar-refractivity contribution in [1.29, 1.82) is 0 Å². The summed E-state index contributed by atoms with van der Waals surface area (Å²) in [5.41, 5.74) is 0. The molecule has 21 heavy (non-hydrogen) atoms. The number of rotatable bonds is 3. The number of aryl methyl sites for hydroxylation is 1. The SMILES string of the molecule is Cn1nc(C2CCNCC2)nc1NC(=O)C1CSCCS1. The van der Waals surface area contributed by atoms with Crippen molar-refractivity contribution in [2.24, 2.45) is 7.05 Å². The Hall–Kier alpha value is -0.730. The van der Waals surface area contributed by atoms with Gasteiger partial charge < -0.3 is 5.32 Å². The minimum absolute atomic E-state index is 0.0304. The highest BCUT2D eigenvalue weighted by Crippen LogP contribution is 2.26. The number of nitrogens with zero attached hydrogens (tertiary/aromatic N) is 3. The Morgan fingerprint density at radius 2 is 2.19 bits per heavy atom. The maximum absolute atomic E-state index is 12.3. The van der Waals surface area contributed by atoms with Gasteiger partial charge in [0.05, 0.1) is 5.25 Å². The second kappa shape index (κ2) is 7.02. The van der Waals surface area contributed by atoms with Crippen LogP contribution in [0.15, 0.2) is 0 Å². The third kappa shape index (κ3) is 3.73. The molecule has 8 heteroatoms. The minimum Gasteiger partial charge on any atom is -0.317 e. The van der Waals surface area contributed by atoms with Gasteiger partial charge in [0.2, 0.25) is 11.9 Å². The summed E-state index contributed by atoms with van der Waals surface area (Å²) >= 11 is 3.58. The van der Waals surface area contributed by atoms with Crippen LogP contribution in [-0.4, -0.2) is 56.3 Å². The fourth-order valence-electron chi connectivity index (χ4n) is 2.60. The zero-order valence-corrected chi connectivity index (χ0v) is 13.8. The highest BCUT2D eigenvalue weighted by atomic mass is 32.2. The molecule has 2 aliphatic rings. The molecule has 1 amide bonds. The van der Waals surface area contributed by atoms with Crippen LogP contribution in [0, 0.1) is 0 Å². The van der Waals surface area contributed by atoms with E-state index in [0.717, 1.165) is 49.0 Å². The van der Waals surface area contributed by atoms with Gasteiger partial charge in [0.1, 0.15) is 0 Å². The summed E-state index contributed by atoms with van der Waals surface area (Å²) in [6, 6.07) is 0. The fourth-order valence-corrected chi connectivity index (χ4v) is 5.15. The van der Waals surface area contributed by atoms with E-state index >= 15 is 0 Å². The first-order valence-electron chi connectivity index (χ1n) is 7.36. The summed E-state index contributed by atoms with van der Waals surface area (Å²) in [4.78, 5) is 16.8. The summed E-state index contributed by atoms with van der Waals surface area (Å²) in [5, 5.41) is 10.8. The van der Waals surface area contributed by atoms with E-state index in [1.807, 2.05) is 18.8 Å². The van der Waals surface area contributed by atoms with Crippen LogP contribution < -0.4 is 10.6 Å². The lowest BCUT2D eigenvalue weighted by atomic mass is 9.98. The first-order chi connectivity index (χ1) is 10.2. The van der Waals surface area contributed by atoms with Crippen molar-refractivity contribution < 1.29 is 4.79 Å². The maximum atomic E-state index is 12.3. The normalized spacial score (nSPS) is 24.0. The molecule has 1 aromatic rings. The second-order valence-electron chi connectivity index (χ2n) is 5.37. The molecule has 3 rings (SSSR count). The lowest BCUT2D eigenvalue weighted by Crippen LogP contribution is -2.31. The monoisotopic (exact) mass is 327 g/mol. The van der Waals surface area contributed by atoms with E-state index in [9.17, 15) is 4.79 Å². The molecule has 0 aromatic carbocycles. The van der Waals surface area contributed by atoms with E-state index in [-0.39, 0.29) is 11.2 Å². The average Bonchev–Trinajstić information content (AvgIpc) is 2.90. The zero-order valence-electron chi connectivity index (χ0n) is 12.2. The first-order valence-corrected chi connectivity index (χ1v) is 9.56. The van der Waals surface area contributed by atoms with Gasteiger partial charge in [-0.3, -0.25) is 10.1 Å². The van der Waals surface area contributed by atoms with Crippen molar-refractivity contribution >= 4 is 35.4 Å². The zero-order chi connectivity index (χ0) is 14.7. The molecule has 1 unspecified atom stereocenters. The topological polar surface area (TPSA) is 71.8 Å². The number of aromatic nitrogens is 3. The molecule has 2 aliphatic heterocycles. The number of anilines is 1. The molecule has 1 atom stereocenters. The molecular weight excluding hydrogens is 306 g/mol. The van der Waals surface area contributed by atoms with Crippen molar-refractivity contribution in [3.05, 3.63) is 5.82 Å². The number of amides is 1. The molecule has 3 heterocycles. The van der Waals surface area contributed by atoms with Crippen LogP contribution >= 0.6 is 23.5 Å². The van der Waals surface area contributed by atoms with E-state index in [1.165, 1.54) is 0 Å². The third-order valence-electron chi connectivity index (χ3n) is 3.83. The van der Waals surface area contributed by atoms with Crippen LogP contribution in [0.2, 0.25) is 0 Å². The molecule has 0 bridgehead atoms. The Morgan fingerprint density at radius 3 is 2.90 bits per heavy atom. The molecule has 0 saturated carbocycles. The fraction of sp³-hybridized carbons (Fsp3) is 0.769. The molecule has 1 aromatic heterocycles. The molecule has 2 N–H and O–H groups in total. The standard InChI is InChI=1S/C13H21N5OS2/c1-18-13(16-12(19)10-8-20-6-7-21-10)15-11(17-18)9-2-4-14-5-3-9/h9-10,14H,2-8H2,1H3,(H,15,16,17,19). The van der Waals surface area contributed by atoms with Crippen molar-refractivity contribution in [2.75, 3.05) is 35.7 Å². The van der Waals surface area contributed by atoms with Crippen LogP contribution in [0.4, 0.5) is 5.95 Å². The van der Waals surface area contributed by atoms with E-state index in [1.54, 1.807) is 16.4 Å². The molecule has 0 spiro atoms. The van der Waals surface area contributed by atoms with Gasteiger partial charge in [0, 0.05) is 30.2 Å². The lowest BCUT2D eigenvalue weighted by molar-refractivity contribution is -0.115. The molecule has 2 saturated heterocycles. The van der Waals surface area contributed by atoms with Crippen molar-refractivity contribution in [1.82, 2.24) is 20.1 Å². The van der Waals surface area contributed by atoms with Gasteiger partial charge in [-0.1, -0.05) is 0 Å². The molecular formula is C13H21N5OS2. The Bertz CT molecular complexity index is 495. The molecule has 116 valence electrons. The number of thioether (sulfide) groups is 2. The maximum Gasteiger partial charge on any atom is 0.240 e. The third-order valence-corrected chi connectivity index (χ3v) is 6.58. The predicted octanol–water partition coefficient (Wildman–Crippen LogP) is 1.07. The summed E-state index contributed by atoms with van der Waals surface area (Å²) < 4.78 is 1.69. The van der Waals surface area contributed by atoms with Crippen molar-refractivity contribution in [3.8, 4) is 0 Å². The Labute approximate surface area is 133 Å². The summed E-state index contributed by atoms with van der Waals surface area (Å²) in [7, 11) is 1.84. The summed E-state index contributed by atoms with van der Waals surface area (Å²) in [6.45, 7) is 2.03. The molecule has 2 fully saturated rings. The van der Waals surface area contributed by atoms with Gasteiger partial charge in [0.25, 0.3) is 0 Å². The van der Waals surface area contributed by atoms with Crippen LogP contribution in [-0.2, 0) is 11.8 Å². The van der Waals surface area contributed by atoms with Gasteiger partial charge in [-0.15, -0.1) is 11.8 Å². The van der Waals surface area contributed by atoms with Gasteiger partial charge in [-0.25, -0.2) is 4.68 Å². The number of carbonyl (C=O) groups excluding carboxylic acids is 1. The van der Waals surface area contributed by atoms with Crippen LogP contribution in [0.3, 0.4) is 0 Å². The number of hydrogen-bond donors (Lipinski definition) is 2. The summed E-state index contributed by atoms with van der Waals surface area (Å²) in [6.07, 6.45) is 2.12. The van der Waals surface area contributed by atoms with Crippen molar-refractivity contribution in [2.45, 2.75) is 24.0 Å². The Balaban J connectivity index is 1.64. The predicted molar refractivity (Wildman–Crippen MR) is 88.0 cm³/mol. The van der Waals surface area contributed by atoms with Crippen LogP contribution in [0.1, 0.15) is 24.6 Å². The Kier molecular flexibility index (Phi) is 5.07. The smallest absolute Gasteiger partial charge is 0.240 e. The minimum atomic E-state index is 0.0304. The van der Waals surface area contributed by atoms with Crippen LogP contribution in [0.25, 0.3) is 0 Å². The highest BCUT2D eigenvalue weighted by Gasteiger charge is 2.25. The molecule has 0 aliphatic carbocycles. The largest absolute Gasteiger partial charge is 0.317 e. The van der Waals surface area contributed by atoms with Gasteiger partial charge >= 0.3 is 0 Å². The van der Waals surface area contributed by atoms with E-state index in [0.29, 0.717) is 11.9 Å². The van der Waals surface area contributed by atoms with Crippen molar-refractivity contribution in [3.63, 3.8) is 0 Å².